The molecule has 0 atom stereocenters. The standard InChI is InChI=1S/C26H28N6O2S/c1-16-29-22(14-35-16)18-6-5-7-19(12-18)30-23-20-13-21(31-24(20)28-15-27-23)17-8-10-32(11-9-17)25(33)34-26(2,3)4/h5-8,12-15H,9-11H2,1-4H3,(H2,27,28,30,31). The first-order valence-corrected chi connectivity index (χ1v) is 12.4. The number of carbonyl (C=O) groups excluding carboxylic acids is 1. The van der Waals surface area contributed by atoms with Gasteiger partial charge in [-0.05, 0) is 57.9 Å². The molecule has 9 heteroatoms. The van der Waals surface area contributed by atoms with E-state index >= 15 is 0 Å². The van der Waals surface area contributed by atoms with Gasteiger partial charge in [0.25, 0.3) is 0 Å². The van der Waals surface area contributed by atoms with Crippen molar-refractivity contribution < 1.29 is 9.53 Å². The normalized spacial score (nSPS) is 14.2. The van der Waals surface area contributed by atoms with Gasteiger partial charge in [-0.3, -0.25) is 0 Å². The zero-order valence-electron chi connectivity index (χ0n) is 20.3. The number of nitrogens with one attached hydrogen (secondary N) is 2. The first-order chi connectivity index (χ1) is 16.7. The first-order valence-electron chi connectivity index (χ1n) is 11.6. The number of rotatable bonds is 4. The van der Waals surface area contributed by atoms with Crippen LogP contribution in [-0.4, -0.2) is 49.6 Å². The number of hydrogen-bond donors (Lipinski definition) is 2. The van der Waals surface area contributed by atoms with Crippen molar-refractivity contribution in [2.24, 2.45) is 0 Å². The number of amides is 1. The molecule has 0 radical (unpaired) electrons. The van der Waals surface area contributed by atoms with Crippen LogP contribution in [0.5, 0.6) is 0 Å². The van der Waals surface area contributed by atoms with Crippen LogP contribution in [0.25, 0.3) is 27.9 Å². The summed E-state index contributed by atoms with van der Waals surface area (Å²) in [6.45, 7) is 8.76. The molecule has 0 saturated heterocycles. The monoisotopic (exact) mass is 488 g/mol. The Morgan fingerprint density at radius 2 is 2.09 bits per heavy atom. The van der Waals surface area contributed by atoms with Crippen molar-refractivity contribution in [2.75, 3.05) is 18.4 Å². The molecule has 1 aromatic carbocycles. The number of benzene rings is 1. The third kappa shape index (κ3) is 5.19. The van der Waals surface area contributed by atoms with Gasteiger partial charge in [0.2, 0.25) is 0 Å². The van der Waals surface area contributed by atoms with E-state index in [2.05, 4.69) is 54.9 Å². The molecule has 3 aromatic heterocycles. The minimum atomic E-state index is -0.501. The molecule has 1 aliphatic heterocycles. The molecule has 5 rings (SSSR count). The fraction of sp³-hybridized carbons (Fsp3) is 0.308. The SMILES string of the molecule is Cc1nc(-c2cccc(Nc3ncnc4[nH]c(C5=CCN(C(=O)OC(C)(C)C)CC5)cc34)c2)cs1. The summed E-state index contributed by atoms with van der Waals surface area (Å²) in [7, 11) is 0. The molecule has 0 bridgehead atoms. The largest absolute Gasteiger partial charge is 0.444 e. The zero-order valence-corrected chi connectivity index (χ0v) is 21.1. The van der Waals surface area contributed by atoms with Crippen molar-refractivity contribution in [3.63, 3.8) is 0 Å². The smallest absolute Gasteiger partial charge is 0.410 e. The molecule has 0 fully saturated rings. The van der Waals surface area contributed by atoms with Crippen molar-refractivity contribution in [1.82, 2.24) is 24.8 Å². The Balaban J connectivity index is 1.36. The number of nitrogens with zero attached hydrogens (tertiary/aromatic N) is 4. The second-order valence-electron chi connectivity index (χ2n) is 9.53. The topological polar surface area (TPSA) is 96.0 Å². The van der Waals surface area contributed by atoms with Crippen LogP contribution in [0.15, 0.2) is 48.1 Å². The third-order valence-corrected chi connectivity index (χ3v) is 6.45. The summed E-state index contributed by atoms with van der Waals surface area (Å²) < 4.78 is 5.50. The molecule has 35 heavy (non-hydrogen) atoms. The third-order valence-electron chi connectivity index (χ3n) is 5.67. The van der Waals surface area contributed by atoms with Crippen LogP contribution in [-0.2, 0) is 4.74 Å². The van der Waals surface area contributed by atoms with E-state index in [4.69, 9.17) is 4.74 Å². The van der Waals surface area contributed by atoms with Crippen LogP contribution in [0.2, 0.25) is 0 Å². The number of hydrogen-bond acceptors (Lipinski definition) is 7. The molecule has 4 aromatic rings. The Hall–Kier alpha value is -3.72. The summed E-state index contributed by atoms with van der Waals surface area (Å²) in [5.74, 6) is 0.732. The van der Waals surface area contributed by atoms with Gasteiger partial charge in [0.05, 0.1) is 16.1 Å². The summed E-state index contributed by atoms with van der Waals surface area (Å²) in [6.07, 6.45) is 4.07. The second kappa shape index (κ2) is 9.14. The number of fused-ring (bicyclic) bond motifs is 1. The Bertz CT molecular complexity index is 1410. The number of H-pyrrole nitrogens is 1. The van der Waals surface area contributed by atoms with Crippen LogP contribution in [0, 0.1) is 6.92 Å². The van der Waals surface area contributed by atoms with E-state index in [1.54, 1.807) is 22.6 Å². The zero-order chi connectivity index (χ0) is 24.6. The molecule has 8 nitrogen and oxygen atoms in total. The molecule has 0 aliphatic carbocycles. The average Bonchev–Trinajstić information content (AvgIpc) is 3.45. The fourth-order valence-corrected chi connectivity index (χ4v) is 4.63. The second-order valence-corrected chi connectivity index (χ2v) is 10.6. The molecule has 1 aliphatic rings. The summed E-state index contributed by atoms with van der Waals surface area (Å²) in [6, 6.07) is 10.2. The van der Waals surface area contributed by atoms with Crippen LogP contribution < -0.4 is 5.32 Å². The molecule has 0 unspecified atom stereocenters. The van der Waals surface area contributed by atoms with Gasteiger partial charge in [0, 0.05) is 35.4 Å². The van der Waals surface area contributed by atoms with Gasteiger partial charge >= 0.3 is 6.09 Å². The van der Waals surface area contributed by atoms with Gasteiger partial charge < -0.3 is 19.9 Å². The van der Waals surface area contributed by atoms with Crippen molar-refractivity contribution in [3.8, 4) is 11.3 Å². The lowest BCUT2D eigenvalue weighted by molar-refractivity contribution is 0.0270. The highest BCUT2D eigenvalue weighted by Crippen LogP contribution is 2.31. The molecule has 0 saturated carbocycles. The predicted octanol–water partition coefficient (Wildman–Crippen LogP) is 6.16. The molecule has 2 N–H and O–H groups in total. The van der Waals surface area contributed by atoms with Crippen LogP contribution in [0.3, 0.4) is 0 Å². The van der Waals surface area contributed by atoms with E-state index in [0.717, 1.165) is 56.5 Å². The van der Waals surface area contributed by atoms with E-state index in [0.29, 0.717) is 13.1 Å². The highest BCUT2D eigenvalue weighted by Gasteiger charge is 2.24. The lowest BCUT2D eigenvalue weighted by Crippen LogP contribution is -2.39. The molecule has 1 amide bonds. The maximum atomic E-state index is 12.4. The number of aromatic nitrogens is 4. The number of aryl methyl sites for hydroxylation is 1. The number of anilines is 2. The quantitative estimate of drug-likeness (QED) is 0.357. The minimum Gasteiger partial charge on any atom is -0.444 e. The number of ether oxygens (including phenoxy) is 1. The minimum absolute atomic E-state index is 0.281. The first kappa shape index (κ1) is 23.0. The van der Waals surface area contributed by atoms with Crippen molar-refractivity contribution in [1.29, 1.82) is 0 Å². The van der Waals surface area contributed by atoms with Gasteiger partial charge in [0.1, 0.15) is 23.4 Å². The van der Waals surface area contributed by atoms with E-state index in [9.17, 15) is 4.79 Å². The number of thiazole rings is 1. The molecule has 4 heterocycles. The highest BCUT2D eigenvalue weighted by molar-refractivity contribution is 7.09. The maximum absolute atomic E-state index is 12.4. The van der Waals surface area contributed by atoms with Crippen molar-refractivity contribution in [3.05, 3.63) is 58.8 Å². The van der Waals surface area contributed by atoms with Crippen LogP contribution >= 0.6 is 11.3 Å². The van der Waals surface area contributed by atoms with E-state index < -0.39 is 5.60 Å². The van der Waals surface area contributed by atoms with Gasteiger partial charge in [-0.1, -0.05) is 18.2 Å². The fourth-order valence-electron chi connectivity index (χ4n) is 4.01. The number of carbonyl (C=O) groups is 1. The summed E-state index contributed by atoms with van der Waals surface area (Å²) in [5.41, 5.74) is 5.35. The van der Waals surface area contributed by atoms with Gasteiger partial charge in [-0.25, -0.2) is 19.7 Å². The lowest BCUT2D eigenvalue weighted by atomic mass is 10.1. The van der Waals surface area contributed by atoms with E-state index in [-0.39, 0.29) is 6.09 Å². The molecular weight excluding hydrogens is 460 g/mol. The van der Waals surface area contributed by atoms with Crippen molar-refractivity contribution >= 4 is 45.5 Å². The van der Waals surface area contributed by atoms with E-state index in [1.807, 2.05) is 39.8 Å². The van der Waals surface area contributed by atoms with Gasteiger partial charge in [-0.2, -0.15) is 0 Å². The van der Waals surface area contributed by atoms with Crippen LogP contribution in [0.4, 0.5) is 16.3 Å². The Morgan fingerprint density at radius 3 is 2.80 bits per heavy atom. The molecular formula is C26H28N6O2S. The van der Waals surface area contributed by atoms with Crippen LogP contribution in [0.1, 0.15) is 37.9 Å². The Morgan fingerprint density at radius 1 is 1.23 bits per heavy atom. The molecule has 180 valence electrons. The predicted molar refractivity (Wildman–Crippen MR) is 140 cm³/mol. The summed E-state index contributed by atoms with van der Waals surface area (Å²) in [4.78, 5) is 31.0. The lowest BCUT2D eigenvalue weighted by Gasteiger charge is -2.29. The Labute approximate surface area is 208 Å². The average molecular weight is 489 g/mol. The Kier molecular flexibility index (Phi) is 6.02. The maximum Gasteiger partial charge on any atom is 0.410 e. The van der Waals surface area contributed by atoms with Crippen molar-refractivity contribution in [2.45, 2.75) is 39.7 Å². The summed E-state index contributed by atoms with van der Waals surface area (Å²) >= 11 is 1.64. The molecule has 0 spiro atoms. The van der Waals surface area contributed by atoms with Gasteiger partial charge in [0.15, 0.2) is 0 Å². The number of aromatic amines is 1. The van der Waals surface area contributed by atoms with Gasteiger partial charge in [-0.15, -0.1) is 11.3 Å². The summed E-state index contributed by atoms with van der Waals surface area (Å²) in [5, 5.41) is 7.46. The van der Waals surface area contributed by atoms with E-state index in [1.165, 1.54) is 0 Å². The highest BCUT2D eigenvalue weighted by atomic mass is 32.1.